The molecule has 0 aromatic heterocycles. The highest BCUT2D eigenvalue weighted by Gasteiger charge is 2.22. The van der Waals surface area contributed by atoms with Crippen LogP contribution in [0.5, 0.6) is 0 Å². The van der Waals surface area contributed by atoms with Crippen LogP contribution in [0.2, 0.25) is 0 Å². The van der Waals surface area contributed by atoms with E-state index in [2.05, 4.69) is 4.72 Å². The average Bonchev–Trinajstić information content (AvgIpc) is 2.15. The largest absolute Gasteiger partial charge is 0.283 e. The molecule has 8 heteroatoms. The molecule has 0 radical (unpaired) electrons. The van der Waals surface area contributed by atoms with Crippen molar-refractivity contribution in [3.05, 3.63) is 23.8 Å². The molecule has 0 bridgehead atoms. The minimum absolute atomic E-state index is 0.0327. The van der Waals surface area contributed by atoms with Crippen LogP contribution in [-0.4, -0.2) is 22.6 Å². The van der Waals surface area contributed by atoms with Gasteiger partial charge in [-0.2, -0.15) is 0 Å². The average molecular weight is 340 g/mol. The van der Waals surface area contributed by atoms with Crippen LogP contribution in [-0.2, 0) is 19.1 Å². The fourth-order valence-corrected chi connectivity index (χ4v) is 4.29. The van der Waals surface area contributed by atoms with Crippen molar-refractivity contribution in [1.82, 2.24) is 0 Å². The lowest BCUT2D eigenvalue weighted by Gasteiger charge is -2.19. The molecule has 0 saturated heterocycles. The van der Waals surface area contributed by atoms with E-state index < -0.39 is 19.1 Å². The van der Waals surface area contributed by atoms with Crippen molar-refractivity contribution in [3.8, 4) is 0 Å². The molecule has 0 heterocycles. The molecule has 114 valence electrons. The molecule has 0 saturated carbocycles. The quantitative estimate of drug-likeness (QED) is 0.855. The summed E-state index contributed by atoms with van der Waals surface area (Å²) in [5, 5.41) is 0. The lowest BCUT2D eigenvalue weighted by Crippen LogP contribution is -2.26. The summed E-state index contributed by atoms with van der Waals surface area (Å²) in [6.07, 6.45) is 0. The molecular weight excluding hydrogens is 322 g/mol. The van der Waals surface area contributed by atoms with Gasteiger partial charge in [0.2, 0.25) is 10.0 Å². The third kappa shape index (κ3) is 5.30. The molecule has 1 aromatic rings. The zero-order valence-electron chi connectivity index (χ0n) is 11.8. The van der Waals surface area contributed by atoms with E-state index in [1.807, 2.05) is 20.8 Å². The molecule has 1 rings (SSSR count). The summed E-state index contributed by atoms with van der Waals surface area (Å²) in [5.41, 5.74) is 0.460. The van der Waals surface area contributed by atoms with Crippen molar-refractivity contribution in [2.75, 3.05) is 10.5 Å². The van der Waals surface area contributed by atoms with Gasteiger partial charge in [-0.05, 0) is 36.1 Å². The fraction of sp³-hybridized carbons (Fsp3) is 0.500. The number of hydrogen-bond acceptors (Lipinski definition) is 4. The number of anilines is 1. The van der Waals surface area contributed by atoms with E-state index in [1.54, 1.807) is 6.92 Å². The van der Waals surface area contributed by atoms with Gasteiger partial charge in [0.25, 0.3) is 9.05 Å². The van der Waals surface area contributed by atoms with E-state index in [0.29, 0.717) is 11.3 Å². The fourth-order valence-electron chi connectivity index (χ4n) is 1.68. The Bertz CT molecular complexity index is 703. The van der Waals surface area contributed by atoms with Crippen LogP contribution in [0, 0.1) is 12.3 Å². The lowest BCUT2D eigenvalue weighted by atomic mass is 10.0. The number of halogens is 1. The second-order valence-electron chi connectivity index (χ2n) is 5.84. The van der Waals surface area contributed by atoms with Crippen molar-refractivity contribution in [2.24, 2.45) is 5.41 Å². The van der Waals surface area contributed by atoms with Gasteiger partial charge in [-0.3, -0.25) is 4.72 Å². The Morgan fingerprint density at radius 2 is 1.70 bits per heavy atom. The first kappa shape index (κ1) is 17.3. The summed E-state index contributed by atoms with van der Waals surface area (Å²) < 4.78 is 48.8. The molecule has 20 heavy (non-hydrogen) atoms. The van der Waals surface area contributed by atoms with Gasteiger partial charge in [0.05, 0.1) is 16.3 Å². The minimum Gasteiger partial charge on any atom is -0.283 e. The van der Waals surface area contributed by atoms with Gasteiger partial charge in [-0.1, -0.05) is 20.8 Å². The predicted molar refractivity (Wildman–Crippen MR) is 81.1 cm³/mol. The maximum Gasteiger partial charge on any atom is 0.261 e. The van der Waals surface area contributed by atoms with Crippen LogP contribution in [0.1, 0.15) is 26.3 Å². The van der Waals surface area contributed by atoms with Crippen molar-refractivity contribution < 1.29 is 16.8 Å². The normalized spacial score (nSPS) is 13.2. The van der Waals surface area contributed by atoms with Crippen LogP contribution in [0.3, 0.4) is 0 Å². The first-order valence-corrected chi connectivity index (χ1v) is 9.82. The molecule has 0 unspecified atom stereocenters. The summed E-state index contributed by atoms with van der Waals surface area (Å²) in [7, 11) is -2.08. The zero-order chi connectivity index (χ0) is 15.8. The van der Waals surface area contributed by atoms with Gasteiger partial charge < -0.3 is 0 Å². The summed E-state index contributed by atoms with van der Waals surface area (Å²) in [6, 6.07) is 3.99. The molecule has 0 aliphatic carbocycles. The van der Waals surface area contributed by atoms with Gasteiger partial charge >= 0.3 is 0 Å². The number of hydrogen-bond donors (Lipinski definition) is 1. The Morgan fingerprint density at radius 1 is 1.15 bits per heavy atom. The van der Waals surface area contributed by atoms with Crippen molar-refractivity contribution >= 4 is 35.4 Å². The van der Waals surface area contributed by atoms with Crippen LogP contribution in [0.25, 0.3) is 0 Å². The Kier molecular flexibility index (Phi) is 4.78. The standard InChI is InChI=1S/C12H18ClNO4S2/c1-9-7-10(20(13,17)18)5-6-11(9)14-19(15,16)8-12(2,3)4/h5-7,14H,8H2,1-4H3. The molecule has 5 nitrogen and oxygen atoms in total. The first-order valence-electron chi connectivity index (χ1n) is 5.86. The number of nitrogens with one attached hydrogen (secondary N) is 1. The second-order valence-corrected chi connectivity index (χ2v) is 10.1. The lowest BCUT2D eigenvalue weighted by molar-refractivity contribution is 0.463. The molecule has 0 aliphatic rings. The second kappa shape index (κ2) is 5.54. The number of aryl methyl sites for hydroxylation is 1. The third-order valence-corrected chi connectivity index (χ3v) is 5.50. The van der Waals surface area contributed by atoms with Crippen molar-refractivity contribution in [3.63, 3.8) is 0 Å². The minimum atomic E-state index is -3.82. The monoisotopic (exact) mass is 339 g/mol. The topological polar surface area (TPSA) is 80.3 Å². The molecule has 0 atom stereocenters. The van der Waals surface area contributed by atoms with E-state index in [9.17, 15) is 16.8 Å². The predicted octanol–water partition coefficient (Wildman–Crippen LogP) is 2.71. The van der Waals surface area contributed by atoms with Crippen molar-refractivity contribution in [1.29, 1.82) is 0 Å². The smallest absolute Gasteiger partial charge is 0.261 e. The van der Waals surface area contributed by atoms with Crippen LogP contribution >= 0.6 is 10.7 Å². The Hall–Kier alpha value is -0.790. The maximum absolute atomic E-state index is 12.0. The summed E-state index contributed by atoms with van der Waals surface area (Å²) >= 11 is 0. The van der Waals surface area contributed by atoms with E-state index >= 15 is 0 Å². The Balaban J connectivity index is 3.07. The summed E-state index contributed by atoms with van der Waals surface area (Å²) in [5.74, 6) is -0.0327. The highest BCUT2D eigenvalue weighted by molar-refractivity contribution is 8.13. The highest BCUT2D eigenvalue weighted by Crippen LogP contribution is 2.24. The third-order valence-electron chi connectivity index (χ3n) is 2.37. The summed E-state index contributed by atoms with van der Waals surface area (Å²) in [4.78, 5) is -0.0598. The van der Waals surface area contributed by atoms with E-state index in [4.69, 9.17) is 10.7 Å². The van der Waals surface area contributed by atoms with Gasteiger partial charge in [0.1, 0.15) is 0 Å². The van der Waals surface area contributed by atoms with Crippen LogP contribution in [0.4, 0.5) is 5.69 Å². The summed E-state index contributed by atoms with van der Waals surface area (Å²) in [6.45, 7) is 7.08. The van der Waals surface area contributed by atoms with Crippen molar-refractivity contribution in [2.45, 2.75) is 32.6 Å². The first-order chi connectivity index (χ1) is 8.80. The van der Waals surface area contributed by atoms with Gasteiger partial charge in [-0.25, -0.2) is 16.8 Å². The molecule has 1 aromatic carbocycles. The maximum atomic E-state index is 12.0. The Labute approximate surface area is 124 Å². The molecule has 0 amide bonds. The molecule has 0 spiro atoms. The molecular formula is C12H18ClNO4S2. The molecule has 0 aliphatic heterocycles. The molecule has 1 N–H and O–H groups in total. The molecule has 0 fully saturated rings. The Morgan fingerprint density at radius 3 is 2.10 bits per heavy atom. The van der Waals surface area contributed by atoms with Gasteiger partial charge in [0.15, 0.2) is 0 Å². The van der Waals surface area contributed by atoms with Gasteiger partial charge in [0, 0.05) is 10.7 Å². The number of benzene rings is 1. The number of rotatable bonds is 4. The van der Waals surface area contributed by atoms with E-state index in [-0.39, 0.29) is 16.1 Å². The van der Waals surface area contributed by atoms with E-state index in [1.165, 1.54) is 18.2 Å². The van der Waals surface area contributed by atoms with E-state index in [0.717, 1.165) is 0 Å². The zero-order valence-corrected chi connectivity index (χ0v) is 14.2. The highest BCUT2D eigenvalue weighted by atomic mass is 35.7. The SMILES string of the molecule is Cc1cc(S(=O)(=O)Cl)ccc1NS(=O)(=O)CC(C)(C)C. The van der Waals surface area contributed by atoms with Gasteiger partial charge in [-0.15, -0.1) is 0 Å². The number of sulfonamides is 1. The van der Waals surface area contributed by atoms with Crippen LogP contribution < -0.4 is 4.72 Å². The van der Waals surface area contributed by atoms with Crippen LogP contribution in [0.15, 0.2) is 23.1 Å².